The van der Waals surface area contributed by atoms with E-state index in [0.717, 1.165) is 12.1 Å². The molecule has 0 aliphatic heterocycles. The molecule has 0 spiro atoms. The first-order valence-corrected chi connectivity index (χ1v) is 7.84. The van der Waals surface area contributed by atoms with E-state index in [0.29, 0.717) is 11.1 Å². The number of methoxy groups -OCH3 is 2. The summed E-state index contributed by atoms with van der Waals surface area (Å²) in [6.07, 6.45) is -2.89. The Bertz CT molecular complexity index is 790. The predicted molar refractivity (Wildman–Crippen MR) is 88.2 cm³/mol. The van der Waals surface area contributed by atoms with Gasteiger partial charge in [0.25, 0.3) is 0 Å². The van der Waals surface area contributed by atoms with Crippen LogP contribution in [0.4, 0.5) is 13.2 Å². The first-order valence-electron chi connectivity index (χ1n) is 7.84. The van der Waals surface area contributed by atoms with Gasteiger partial charge >= 0.3 is 18.1 Å². The summed E-state index contributed by atoms with van der Waals surface area (Å²) >= 11 is 0. The zero-order chi connectivity index (χ0) is 19.6. The average molecular weight is 368 g/mol. The van der Waals surface area contributed by atoms with Crippen molar-refractivity contribution in [3.63, 3.8) is 0 Å². The number of hydrogen-bond acceptors (Lipinski definition) is 4. The summed E-state index contributed by atoms with van der Waals surface area (Å²) in [5.41, 5.74) is 0.629. The molecule has 1 aromatic carbocycles. The van der Waals surface area contributed by atoms with Gasteiger partial charge in [-0.15, -0.1) is 0 Å². The van der Waals surface area contributed by atoms with Crippen molar-refractivity contribution < 1.29 is 32.2 Å². The fourth-order valence-corrected chi connectivity index (χ4v) is 3.30. The second-order valence-electron chi connectivity index (χ2n) is 6.08. The number of carbonyl (C=O) groups excluding carboxylic acids is 2. The molecule has 26 heavy (non-hydrogen) atoms. The maximum absolute atomic E-state index is 13.1. The largest absolute Gasteiger partial charge is 0.469 e. The number of allylic oxidation sites excluding steroid dienone is 2. The number of alkyl halides is 3. The van der Waals surface area contributed by atoms with Gasteiger partial charge in [-0.05, 0) is 31.1 Å². The van der Waals surface area contributed by atoms with E-state index in [-0.39, 0.29) is 11.1 Å². The van der Waals surface area contributed by atoms with Gasteiger partial charge in [0.2, 0.25) is 0 Å². The standard InChI is InChI=1S/C19H19F3O4/c1-10-8-11(2)15(18(24)26-4)16(14(10)17(23)25-3)12-6-5-7-13(9-12)19(20,21)22/h5-9,14,16H,1-4H3/t14-,16+/m0/s1. The zero-order valence-electron chi connectivity index (χ0n) is 14.8. The molecular formula is C19H19F3O4. The van der Waals surface area contributed by atoms with Crippen molar-refractivity contribution in [2.75, 3.05) is 14.2 Å². The molecule has 0 aromatic heterocycles. The third-order valence-electron chi connectivity index (χ3n) is 4.44. The second kappa shape index (κ2) is 7.35. The Kier molecular flexibility index (Phi) is 5.59. The van der Waals surface area contributed by atoms with Gasteiger partial charge < -0.3 is 9.47 Å². The lowest BCUT2D eigenvalue weighted by atomic mass is 9.71. The molecule has 7 heteroatoms. The Morgan fingerprint density at radius 1 is 1.08 bits per heavy atom. The minimum Gasteiger partial charge on any atom is -0.469 e. The Labute approximate surface area is 149 Å². The third kappa shape index (κ3) is 3.66. The lowest BCUT2D eigenvalue weighted by Crippen LogP contribution is -2.32. The highest BCUT2D eigenvalue weighted by atomic mass is 19.4. The van der Waals surface area contributed by atoms with Gasteiger partial charge in [0.1, 0.15) is 0 Å². The number of benzene rings is 1. The Morgan fingerprint density at radius 3 is 2.27 bits per heavy atom. The first-order chi connectivity index (χ1) is 12.1. The van der Waals surface area contributed by atoms with Crippen LogP contribution in [0.3, 0.4) is 0 Å². The van der Waals surface area contributed by atoms with Gasteiger partial charge in [-0.25, -0.2) is 4.79 Å². The highest BCUT2D eigenvalue weighted by Crippen LogP contribution is 2.44. The van der Waals surface area contributed by atoms with Gasteiger partial charge in [-0.3, -0.25) is 4.79 Å². The SMILES string of the molecule is COC(=O)C1=C(C)C=C(C)[C@H](C(=O)OC)[C@H]1c1cccc(C(F)(F)F)c1. The van der Waals surface area contributed by atoms with E-state index in [9.17, 15) is 22.8 Å². The number of ether oxygens (including phenoxy) is 2. The van der Waals surface area contributed by atoms with E-state index in [4.69, 9.17) is 9.47 Å². The van der Waals surface area contributed by atoms with E-state index in [1.165, 1.54) is 26.4 Å². The first kappa shape index (κ1) is 19.8. The fourth-order valence-electron chi connectivity index (χ4n) is 3.30. The maximum atomic E-state index is 13.1. The normalized spacial score (nSPS) is 20.5. The van der Waals surface area contributed by atoms with Crippen LogP contribution >= 0.6 is 0 Å². The van der Waals surface area contributed by atoms with Crippen molar-refractivity contribution in [2.24, 2.45) is 5.92 Å². The van der Waals surface area contributed by atoms with E-state index < -0.39 is 35.5 Å². The molecule has 1 aliphatic carbocycles. The van der Waals surface area contributed by atoms with E-state index in [2.05, 4.69) is 0 Å². The molecule has 0 heterocycles. The van der Waals surface area contributed by atoms with E-state index in [1.807, 2.05) is 0 Å². The summed E-state index contributed by atoms with van der Waals surface area (Å²) < 4.78 is 49.0. The molecule has 0 amide bonds. The topological polar surface area (TPSA) is 52.6 Å². The summed E-state index contributed by atoms with van der Waals surface area (Å²) in [6, 6.07) is 4.61. The Hall–Kier alpha value is -2.57. The lowest BCUT2D eigenvalue weighted by Gasteiger charge is -2.32. The average Bonchev–Trinajstić information content (AvgIpc) is 2.59. The molecule has 0 saturated carbocycles. The van der Waals surface area contributed by atoms with Crippen molar-refractivity contribution in [1.29, 1.82) is 0 Å². The number of rotatable bonds is 3. The van der Waals surface area contributed by atoms with Crippen LogP contribution < -0.4 is 0 Å². The molecule has 0 bridgehead atoms. The molecular weight excluding hydrogens is 349 g/mol. The zero-order valence-corrected chi connectivity index (χ0v) is 14.8. The van der Waals surface area contributed by atoms with Crippen molar-refractivity contribution >= 4 is 11.9 Å². The highest BCUT2D eigenvalue weighted by Gasteiger charge is 2.41. The van der Waals surface area contributed by atoms with Gasteiger partial charge in [0.05, 0.1) is 25.7 Å². The van der Waals surface area contributed by atoms with Crippen LogP contribution in [0.25, 0.3) is 0 Å². The molecule has 4 nitrogen and oxygen atoms in total. The number of hydrogen-bond donors (Lipinski definition) is 0. The van der Waals surface area contributed by atoms with Crippen LogP contribution in [-0.4, -0.2) is 26.2 Å². The minimum absolute atomic E-state index is 0.146. The van der Waals surface area contributed by atoms with E-state index >= 15 is 0 Å². The molecule has 0 unspecified atom stereocenters. The monoisotopic (exact) mass is 368 g/mol. The number of halogens is 3. The summed E-state index contributed by atoms with van der Waals surface area (Å²) in [6.45, 7) is 3.34. The van der Waals surface area contributed by atoms with Crippen LogP contribution in [0.5, 0.6) is 0 Å². The van der Waals surface area contributed by atoms with Gasteiger partial charge in [-0.1, -0.05) is 29.8 Å². The van der Waals surface area contributed by atoms with Crippen molar-refractivity contribution in [3.8, 4) is 0 Å². The van der Waals surface area contributed by atoms with Crippen molar-refractivity contribution in [1.82, 2.24) is 0 Å². The predicted octanol–water partition coefficient (Wildman–Crippen LogP) is 4.03. The molecule has 0 radical (unpaired) electrons. The van der Waals surface area contributed by atoms with Gasteiger partial charge in [0, 0.05) is 11.5 Å². The molecule has 2 atom stereocenters. The van der Waals surface area contributed by atoms with Crippen molar-refractivity contribution in [2.45, 2.75) is 25.9 Å². The van der Waals surface area contributed by atoms with E-state index in [1.54, 1.807) is 19.9 Å². The molecule has 0 N–H and O–H groups in total. The summed E-state index contributed by atoms with van der Waals surface area (Å²) in [5.74, 6) is -3.17. The highest BCUT2D eigenvalue weighted by molar-refractivity contribution is 5.94. The molecule has 1 aromatic rings. The van der Waals surface area contributed by atoms with Crippen LogP contribution in [0.15, 0.2) is 47.1 Å². The third-order valence-corrected chi connectivity index (χ3v) is 4.44. The molecule has 2 rings (SSSR count). The summed E-state index contributed by atoms with van der Waals surface area (Å²) in [7, 11) is 2.38. The Morgan fingerprint density at radius 2 is 1.73 bits per heavy atom. The van der Waals surface area contributed by atoms with Crippen LogP contribution in [-0.2, 0) is 25.2 Å². The van der Waals surface area contributed by atoms with Crippen molar-refractivity contribution in [3.05, 3.63) is 58.2 Å². The van der Waals surface area contributed by atoms with Gasteiger partial charge in [-0.2, -0.15) is 13.2 Å². The maximum Gasteiger partial charge on any atom is 0.416 e. The lowest BCUT2D eigenvalue weighted by molar-refractivity contribution is -0.145. The van der Waals surface area contributed by atoms with Gasteiger partial charge in [0.15, 0.2) is 0 Å². The smallest absolute Gasteiger partial charge is 0.416 e. The minimum atomic E-state index is -4.54. The molecule has 1 aliphatic rings. The van der Waals surface area contributed by atoms with Crippen LogP contribution in [0.1, 0.15) is 30.9 Å². The second-order valence-corrected chi connectivity index (χ2v) is 6.08. The summed E-state index contributed by atoms with van der Waals surface area (Å²) in [5, 5.41) is 0. The fraction of sp³-hybridized carbons (Fsp3) is 0.368. The quantitative estimate of drug-likeness (QED) is 0.756. The molecule has 140 valence electrons. The number of esters is 2. The van der Waals surface area contributed by atoms with Crippen LogP contribution in [0, 0.1) is 5.92 Å². The molecule has 0 fully saturated rings. The van der Waals surface area contributed by atoms with Crippen LogP contribution in [0.2, 0.25) is 0 Å². The number of carbonyl (C=O) groups is 2. The summed E-state index contributed by atoms with van der Waals surface area (Å²) in [4.78, 5) is 24.7. The Balaban J connectivity index is 2.71. The molecule has 0 saturated heterocycles.